The molecule has 1 aliphatic carbocycles. The molecule has 2 unspecified atom stereocenters. The standard InChI is InChI=1S/C19H24N4O5S/c1-3-11(9-13(24)25)14-16(21)18(15(20)10(2)17(14)23-19(22)26)29(27,28)12-7-5-4-6-8-12/h4-8,11,14,20H,3,9,21H2,1-2H3,(H,24,25)(H3,22,23,26). The summed E-state index contributed by atoms with van der Waals surface area (Å²) >= 11 is 0. The third-order valence-corrected chi connectivity index (χ3v) is 6.80. The maximum atomic E-state index is 13.2. The van der Waals surface area contributed by atoms with E-state index in [-0.39, 0.29) is 38.9 Å². The number of rotatable bonds is 7. The third kappa shape index (κ3) is 4.32. The molecule has 1 aliphatic rings. The number of hydrogen-bond donors (Lipinski definition) is 5. The molecular formula is C19H24N4O5S. The summed E-state index contributed by atoms with van der Waals surface area (Å²) < 4.78 is 26.5. The molecule has 0 saturated carbocycles. The summed E-state index contributed by atoms with van der Waals surface area (Å²) in [5, 5.41) is 20.1. The van der Waals surface area contributed by atoms with E-state index in [1.165, 1.54) is 19.1 Å². The highest BCUT2D eigenvalue weighted by atomic mass is 32.2. The Hall–Kier alpha value is -3.14. The molecule has 0 spiro atoms. The molecule has 0 radical (unpaired) electrons. The molecular weight excluding hydrogens is 396 g/mol. The number of carboxylic acid groups (broad SMARTS) is 1. The van der Waals surface area contributed by atoms with Crippen molar-refractivity contribution < 1.29 is 23.1 Å². The van der Waals surface area contributed by atoms with Crippen LogP contribution in [0, 0.1) is 17.2 Å². The SMILES string of the molecule is CCC(CC(=O)O)C1C(N)=C(S(=O)(=O)c2ccccc2)C(=N)C(C)=C1NC(N)=O. The number of carbonyl (C=O) groups excluding carboxylic acids is 1. The fraction of sp³-hybridized carbons (Fsp3) is 0.316. The summed E-state index contributed by atoms with van der Waals surface area (Å²) in [6, 6.07) is 6.63. The van der Waals surface area contributed by atoms with Gasteiger partial charge in [0.05, 0.1) is 10.6 Å². The van der Waals surface area contributed by atoms with Crippen molar-refractivity contribution in [2.75, 3.05) is 0 Å². The van der Waals surface area contributed by atoms with Gasteiger partial charge in [0.1, 0.15) is 4.91 Å². The molecule has 10 heteroatoms. The van der Waals surface area contributed by atoms with Gasteiger partial charge in [-0.05, 0) is 30.5 Å². The molecule has 0 aliphatic heterocycles. The van der Waals surface area contributed by atoms with Crippen LogP contribution in [0.15, 0.2) is 57.1 Å². The van der Waals surface area contributed by atoms with Crippen molar-refractivity contribution in [3.8, 4) is 0 Å². The second kappa shape index (κ2) is 8.48. The first-order valence-corrected chi connectivity index (χ1v) is 10.4. The number of nitrogens with one attached hydrogen (secondary N) is 2. The van der Waals surface area contributed by atoms with Gasteiger partial charge in [0, 0.05) is 23.7 Å². The van der Waals surface area contributed by atoms with Crippen LogP contribution < -0.4 is 16.8 Å². The van der Waals surface area contributed by atoms with E-state index in [0.717, 1.165) is 0 Å². The van der Waals surface area contributed by atoms with Gasteiger partial charge in [-0.1, -0.05) is 31.5 Å². The Morgan fingerprint density at radius 1 is 1.28 bits per heavy atom. The number of aliphatic carboxylic acids is 1. The van der Waals surface area contributed by atoms with Crippen LogP contribution in [0.5, 0.6) is 0 Å². The van der Waals surface area contributed by atoms with Crippen LogP contribution in [-0.2, 0) is 14.6 Å². The number of primary amides is 1. The zero-order valence-electron chi connectivity index (χ0n) is 16.1. The highest BCUT2D eigenvalue weighted by Crippen LogP contribution is 2.40. The number of carbonyl (C=O) groups is 2. The summed E-state index contributed by atoms with van der Waals surface area (Å²) in [6.45, 7) is 3.21. The molecule has 156 valence electrons. The normalized spacial score (nSPS) is 18.6. The average Bonchev–Trinajstić information content (AvgIpc) is 2.65. The first-order chi connectivity index (χ1) is 13.5. The van der Waals surface area contributed by atoms with Crippen LogP contribution in [0.4, 0.5) is 4.79 Å². The summed E-state index contributed by atoms with van der Waals surface area (Å²) in [5.41, 5.74) is 11.3. The topological polar surface area (TPSA) is 176 Å². The zero-order chi connectivity index (χ0) is 21.9. The quantitative estimate of drug-likeness (QED) is 0.448. The Kier molecular flexibility index (Phi) is 6.48. The first kappa shape index (κ1) is 22.2. The van der Waals surface area contributed by atoms with E-state index in [1.807, 2.05) is 0 Å². The number of carboxylic acids is 1. The van der Waals surface area contributed by atoms with E-state index in [0.29, 0.717) is 6.42 Å². The number of benzene rings is 1. The number of hydrogen-bond acceptors (Lipinski definition) is 6. The molecule has 1 aromatic rings. The Balaban J connectivity index is 2.75. The Bertz CT molecular complexity index is 1010. The molecule has 7 N–H and O–H groups in total. The van der Waals surface area contributed by atoms with Crippen LogP contribution in [0.3, 0.4) is 0 Å². The van der Waals surface area contributed by atoms with Crippen LogP contribution in [0.2, 0.25) is 0 Å². The van der Waals surface area contributed by atoms with Crippen molar-refractivity contribution in [1.29, 1.82) is 5.41 Å². The minimum atomic E-state index is -4.14. The van der Waals surface area contributed by atoms with Gasteiger partial charge in [0.15, 0.2) is 0 Å². The van der Waals surface area contributed by atoms with Crippen molar-refractivity contribution in [3.63, 3.8) is 0 Å². The van der Waals surface area contributed by atoms with Crippen LogP contribution in [0.25, 0.3) is 0 Å². The van der Waals surface area contributed by atoms with E-state index in [1.54, 1.807) is 25.1 Å². The van der Waals surface area contributed by atoms with Gasteiger partial charge >= 0.3 is 12.0 Å². The fourth-order valence-electron chi connectivity index (χ4n) is 3.50. The maximum Gasteiger partial charge on any atom is 0.316 e. The smallest absolute Gasteiger partial charge is 0.316 e. The summed E-state index contributed by atoms with van der Waals surface area (Å²) in [4.78, 5) is 22.4. The summed E-state index contributed by atoms with van der Waals surface area (Å²) in [7, 11) is -4.14. The van der Waals surface area contributed by atoms with Gasteiger partial charge < -0.3 is 21.9 Å². The number of allylic oxidation sites excluding steroid dienone is 2. The van der Waals surface area contributed by atoms with Crippen molar-refractivity contribution >= 4 is 27.5 Å². The number of amides is 2. The van der Waals surface area contributed by atoms with E-state index < -0.39 is 33.7 Å². The predicted molar refractivity (Wildman–Crippen MR) is 108 cm³/mol. The molecule has 2 atom stereocenters. The lowest BCUT2D eigenvalue weighted by Crippen LogP contribution is -2.42. The highest BCUT2D eigenvalue weighted by molar-refractivity contribution is 7.96. The van der Waals surface area contributed by atoms with E-state index in [2.05, 4.69) is 5.32 Å². The summed E-state index contributed by atoms with van der Waals surface area (Å²) in [5.74, 6) is -2.63. The molecule has 1 aromatic carbocycles. The van der Waals surface area contributed by atoms with Gasteiger partial charge in [-0.2, -0.15) is 0 Å². The van der Waals surface area contributed by atoms with Gasteiger partial charge in [-0.3, -0.25) is 10.2 Å². The largest absolute Gasteiger partial charge is 0.481 e. The minimum absolute atomic E-state index is 0.0353. The molecule has 0 fully saturated rings. The lowest BCUT2D eigenvalue weighted by atomic mass is 9.77. The lowest BCUT2D eigenvalue weighted by Gasteiger charge is -2.34. The monoisotopic (exact) mass is 420 g/mol. The Labute approximate surface area is 168 Å². The van der Waals surface area contributed by atoms with E-state index >= 15 is 0 Å². The second-order valence-electron chi connectivity index (χ2n) is 6.75. The molecule has 0 heterocycles. The fourth-order valence-corrected chi connectivity index (χ4v) is 5.11. The number of urea groups is 1. The summed E-state index contributed by atoms with van der Waals surface area (Å²) in [6.07, 6.45) is 0.0476. The molecule has 2 rings (SSSR count). The van der Waals surface area contributed by atoms with Gasteiger partial charge in [-0.25, -0.2) is 13.2 Å². The average molecular weight is 420 g/mol. The molecule has 29 heavy (non-hydrogen) atoms. The molecule has 9 nitrogen and oxygen atoms in total. The molecule has 2 amide bonds. The van der Waals surface area contributed by atoms with E-state index in [4.69, 9.17) is 16.9 Å². The minimum Gasteiger partial charge on any atom is -0.481 e. The lowest BCUT2D eigenvalue weighted by molar-refractivity contribution is -0.138. The Morgan fingerprint density at radius 2 is 1.86 bits per heavy atom. The molecule has 0 saturated heterocycles. The second-order valence-corrected chi connectivity index (χ2v) is 8.63. The van der Waals surface area contributed by atoms with E-state index in [9.17, 15) is 23.1 Å². The van der Waals surface area contributed by atoms with Crippen LogP contribution in [0.1, 0.15) is 26.7 Å². The maximum absolute atomic E-state index is 13.2. The highest BCUT2D eigenvalue weighted by Gasteiger charge is 2.41. The molecule has 0 bridgehead atoms. The van der Waals surface area contributed by atoms with Gasteiger partial charge in [0.2, 0.25) is 9.84 Å². The van der Waals surface area contributed by atoms with Crippen LogP contribution in [-0.4, -0.2) is 31.2 Å². The van der Waals surface area contributed by atoms with Crippen molar-refractivity contribution in [1.82, 2.24) is 5.32 Å². The number of sulfone groups is 1. The van der Waals surface area contributed by atoms with Crippen molar-refractivity contribution in [2.24, 2.45) is 23.3 Å². The van der Waals surface area contributed by atoms with Gasteiger partial charge in [0.25, 0.3) is 0 Å². The van der Waals surface area contributed by atoms with Crippen molar-refractivity contribution in [3.05, 3.63) is 52.2 Å². The number of nitrogens with two attached hydrogens (primary N) is 2. The van der Waals surface area contributed by atoms with Crippen molar-refractivity contribution in [2.45, 2.75) is 31.6 Å². The third-order valence-electron chi connectivity index (χ3n) is 4.93. The predicted octanol–water partition coefficient (Wildman–Crippen LogP) is 1.72. The first-order valence-electron chi connectivity index (χ1n) is 8.90. The van der Waals surface area contributed by atoms with Crippen LogP contribution >= 0.6 is 0 Å². The van der Waals surface area contributed by atoms with Gasteiger partial charge in [-0.15, -0.1) is 0 Å². The molecule has 0 aromatic heterocycles. The zero-order valence-corrected chi connectivity index (χ0v) is 16.9. The Morgan fingerprint density at radius 3 is 2.34 bits per heavy atom.